The van der Waals surface area contributed by atoms with Crippen LogP contribution in [-0.2, 0) is 6.42 Å². The summed E-state index contributed by atoms with van der Waals surface area (Å²) < 4.78 is 14.3. The summed E-state index contributed by atoms with van der Waals surface area (Å²) in [6.45, 7) is 0.341. The summed E-state index contributed by atoms with van der Waals surface area (Å²) in [5, 5.41) is 11.3. The SMILES string of the molecule is CSc1ccc([N+](=O)[O-])c(C(=O)N2CCCc3cccc(F)c32)c1. The van der Waals surface area contributed by atoms with Gasteiger partial charge in [-0.15, -0.1) is 11.8 Å². The van der Waals surface area contributed by atoms with Gasteiger partial charge in [0.15, 0.2) is 0 Å². The van der Waals surface area contributed by atoms with Crippen molar-refractivity contribution >= 4 is 29.0 Å². The molecule has 24 heavy (non-hydrogen) atoms. The zero-order valence-corrected chi connectivity index (χ0v) is 13.8. The molecular weight excluding hydrogens is 331 g/mol. The summed E-state index contributed by atoms with van der Waals surface area (Å²) in [4.78, 5) is 25.7. The fourth-order valence-corrected chi connectivity index (χ4v) is 3.36. The summed E-state index contributed by atoms with van der Waals surface area (Å²) in [6.07, 6.45) is 3.20. The monoisotopic (exact) mass is 346 g/mol. The van der Waals surface area contributed by atoms with Gasteiger partial charge >= 0.3 is 0 Å². The number of rotatable bonds is 3. The number of halogens is 1. The van der Waals surface area contributed by atoms with Crippen molar-refractivity contribution < 1.29 is 14.1 Å². The molecule has 2 aromatic rings. The minimum absolute atomic E-state index is 0.0112. The molecule has 0 aromatic heterocycles. The first-order valence-corrected chi connectivity index (χ1v) is 8.67. The Hall–Kier alpha value is -2.41. The molecule has 0 spiro atoms. The number of nitro groups is 1. The number of thioether (sulfide) groups is 1. The van der Waals surface area contributed by atoms with E-state index in [-0.39, 0.29) is 16.9 Å². The van der Waals surface area contributed by atoms with Crippen LogP contribution < -0.4 is 4.90 Å². The molecule has 0 fully saturated rings. The molecule has 1 heterocycles. The van der Waals surface area contributed by atoms with Crippen LogP contribution in [0.25, 0.3) is 0 Å². The van der Waals surface area contributed by atoms with E-state index in [2.05, 4.69) is 0 Å². The Bertz CT molecular complexity index is 825. The number of amides is 1. The maximum absolute atomic E-state index is 14.3. The molecule has 1 aliphatic rings. The van der Waals surface area contributed by atoms with E-state index in [4.69, 9.17) is 0 Å². The van der Waals surface area contributed by atoms with E-state index in [1.807, 2.05) is 6.26 Å². The summed E-state index contributed by atoms with van der Waals surface area (Å²) in [7, 11) is 0. The second-order valence-corrected chi connectivity index (χ2v) is 6.33. The maximum atomic E-state index is 14.3. The lowest BCUT2D eigenvalue weighted by Gasteiger charge is -2.29. The Morgan fingerprint density at radius 1 is 1.33 bits per heavy atom. The standard InChI is InChI=1S/C17H15FN2O3S/c1-24-12-7-8-15(20(22)23)13(10-12)17(21)19-9-3-5-11-4-2-6-14(18)16(11)19/h2,4,6-8,10H,3,5,9H2,1H3. The van der Waals surface area contributed by atoms with Gasteiger partial charge in [0.25, 0.3) is 11.6 Å². The smallest absolute Gasteiger partial charge is 0.282 e. The number of anilines is 1. The van der Waals surface area contributed by atoms with Crippen molar-refractivity contribution in [3.8, 4) is 0 Å². The molecule has 7 heteroatoms. The molecule has 1 aliphatic heterocycles. The van der Waals surface area contributed by atoms with E-state index in [1.165, 1.54) is 34.9 Å². The Kier molecular flexibility index (Phi) is 4.53. The number of benzene rings is 2. The second-order valence-electron chi connectivity index (χ2n) is 5.45. The summed E-state index contributed by atoms with van der Waals surface area (Å²) in [5.74, 6) is -1.02. The zero-order chi connectivity index (χ0) is 17.3. The van der Waals surface area contributed by atoms with Crippen molar-refractivity contribution in [1.29, 1.82) is 0 Å². The van der Waals surface area contributed by atoms with Gasteiger partial charge in [0, 0.05) is 17.5 Å². The van der Waals surface area contributed by atoms with Crippen LogP contribution in [0, 0.1) is 15.9 Å². The molecule has 3 rings (SSSR count). The third-order valence-electron chi connectivity index (χ3n) is 4.04. The van der Waals surface area contributed by atoms with Gasteiger partial charge in [-0.1, -0.05) is 12.1 Å². The average Bonchev–Trinajstić information content (AvgIpc) is 2.60. The predicted molar refractivity (Wildman–Crippen MR) is 91.3 cm³/mol. The molecule has 0 radical (unpaired) electrons. The number of nitrogens with zero attached hydrogens (tertiary/aromatic N) is 2. The van der Waals surface area contributed by atoms with E-state index in [1.54, 1.807) is 18.2 Å². The van der Waals surface area contributed by atoms with E-state index >= 15 is 0 Å². The fraction of sp³-hybridized carbons (Fsp3) is 0.235. The van der Waals surface area contributed by atoms with E-state index in [0.29, 0.717) is 19.4 Å². The third-order valence-corrected chi connectivity index (χ3v) is 4.77. The van der Waals surface area contributed by atoms with Gasteiger partial charge in [-0.25, -0.2) is 4.39 Å². The van der Waals surface area contributed by atoms with Gasteiger partial charge < -0.3 is 4.90 Å². The van der Waals surface area contributed by atoms with Crippen molar-refractivity contribution in [1.82, 2.24) is 0 Å². The highest BCUT2D eigenvalue weighted by molar-refractivity contribution is 7.98. The van der Waals surface area contributed by atoms with Crippen LogP contribution in [0.1, 0.15) is 22.3 Å². The Morgan fingerprint density at radius 2 is 2.12 bits per heavy atom. The molecule has 0 saturated heterocycles. The van der Waals surface area contributed by atoms with Gasteiger partial charge in [0.2, 0.25) is 0 Å². The number of para-hydroxylation sites is 1. The number of fused-ring (bicyclic) bond motifs is 1. The number of hydrogen-bond acceptors (Lipinski definition) is 4. The molecular formula is C17H15FN2O3S. The third kappa shape index (κ3) is 2.87. The highest BCUT2D eigenvalue weighted by Gasteiger charge is 2.30. The summed E-state index contributed by atoms with van der Waals surface area (Å²) in [6, 6.07) is 9.12. The summed E-state index contributed by atoms with van der Waals surface area (Å²) >= 11 is 1.39. The summed E-state index contributed by atoms with van der Waals surface area (Å²) in [5.41, 5.74) is 0.708. The van der Waals surface area contributed by atoms with Crippen molar-refractivity contribution in [2.24, 2.45) is 0 Å². The van der Waals surface area contributed by atoms with Crippen molar-refractivity contribution in [3.63, 3.8) is 0 Å². The van der Waals surface area contributed by atoms with Gasteiger partial charge in [-0.2, -0.15) is 0 Å². The number of carbonyl (C=O) groups is 1. The first-order chi connectivity index (χ1) is 11.5. The van der Waals surface area contributed by atoms with Crippen LogP contribution >= 0.6 is 11.8 Å². The Balaban J connectivity index is 2.10. The largest absolute Gasteiger partial charge is 0.305 e. The average molecular weight is 346 g/mol. The number of hydrogen-bond donors (Lipinski definition) is 0. The molecule has 2 aromatic carbocycles. The van der Waals surface area contributed by atoms with Crippen molar-refractivity contribution in [2.45, 2.75) is 17.7 Å². The number of aryl methyl sites for hydroxylation is 1. The Morgan fingerprint density at radius 3 is 2.83 bits per heavy atom. The predicted octanol–water partition coefficient (Wildman–Crippen LogP) is 4.05. The van der Waals surface area contributed by atoms with Crippen LogP contribution in [-0.4, -0.2) is 23.6 Å². The molecule has 1 amide bonds. The lowest BCUT2D eigenvalue weighted by Crippen LogP contribution is -2.36. The quantitative estimate of drug-likeness (QED) is 0.478. The van der Waals surface area contributed by atoms with Crippen molar-refractivity contribution in [2.75, 3.05) is 17.7 Å². The number of carbonyl (C=O) groups excluding carboxylic acids is 1. The zero-order valence-electron chi connectivity index (χ0n) is 13.0. The maximum Gasteiger partial charge on any atom is 0.282 e. The fourth-order valence-electron chi connectivity index (χ4n) is 2.92. The second kappa shape index (κ2) is 6.60. The first kappa shape index (κ1) is 16.4. The van der Waals surface area contributed by atoms with Gasteiger partial charge in [0.05, 0.1) is 10.6 Å². The van der Waals surface area contributed by atoms with Crippen LogP contribution in [0.5, 0.6) is 0 Å². The molecule has 124 valence electrons. The highest BCUT2D eigenvalue weighted by atomic mass is 32.2. The molecule has 0 saturated carbocycles. The molecule has 0 unspecified atom stereocenters. The van der Waals surface area contributed by atoms with E-state index in [0.717, 1.165) is 10.5 Å². The minimum atomic E-state index is -0.580. The Labute approximate surface area is 142 Å². The van der Waals surface area contributed by atoms with Gasteiger partial charge in [-0.3, -0.25) is 14.9 Å². The molecule has 0 N–H and O–H groups in total. The molecule has 5 nitrogen and oxygen atoms in total. The molecule has 0 bridgehead atoms. The van der Waals surface area contributed by atoms with Gasteiger partial charge in [0.1, 0.15) is 11.4 Å². The van der Waals surface area contributed by atoms with E-state index in [9.17, 15) is 19.3 Å². The molecule has 0 atom stereocenters. The van der Waals surface area contributed by atoms with E-state index < -0.39 is 16.6 Å². The van der Waals surface area contributed by atoms with Crippen LogP contribution in [0.2, 0.25) is 0 Å². The van der Waals surface area contributed by atoms with Gasteiger partial charge in [-0.05, 0) is 42.9 Å². The normalized spacial score (nSPS) is 13.5. The lowest BCUT2D eigenvalue weighted by atomic mass is 10.00. The molecule has 0 aliphatic carbocycles. The first-order valence-electron chi connectivity index (χ1n) is 7.44. The van der Waals surface area contributed by atoms with Crippen LogP contribution in [0.15, 0.2) is 41.3 Å². The number of nitro benzene ring substituents is 1. The highest BCUT2D eigenvalue weighted by Crippen LogP contribution is 2.33. The lowest BCUT2D eigenvalue weighted by molar-refractivity contribution is -0.385. The minimum Gasteiger partial charge on any atom is -0.305 e. The van der Waals surface area contributed by atoms with Crippen LogP contribution in [0.3, 0.4) is 0 Å². The topological polar surface area (TPSA) is 63.5 Å². The van der Waals surface area contributed by atoms with Crippen LogP contribution in [0.4, 0.5) is 15.8 Å². The van der Waals surface area contributed by atoms with Crippen molar-refractivity contribution in [3.05, 3.63) is 63.5 Å².